The predicted molar refractivity (Wildman–Crippen MR) is 76.8 cm³/mol. The van der Waals surface area contributed by atoms with E-state index in [1.165, 1.54) is 3.57 Å². The van der Waals surface area contributed by atoms with E-state index in [4.69, 9.17) is 0 Å². The minimum Gasteiger partial charge on any atom is -0.279 e. The molecular formula is C13H11IN2. The van der Waals surface area contributed by atoms with Crippen molar-refractivity contribution >= 4 is 34.5 Å². The zero-order valence-corrected chi connectivity index (χ0v) is 10.8. The van der Waals surface area contributed by atoms with Crippen molar-refractivity contribution in [2.24, 2.45) is 5.10 Å². The number of nitrogens with one attached hydrogen (secondary N) is 1. The van der Waals surface area contributed by atoms with E-state index in [1.54, 1.807) is 0 Å². The number of hydrogen-bond donors (Lipinski definition) is 1. The van der Waals surface area contributed by atoms with E-state index in [0.29, 0.717) is 0 Å². The lowest BCUT2D eigenvalue weighted by Crippen LogP contribution is -1.89. The van der Waals surface area contributed by atoms with E-state index in [2.05, 4.69) is 45.3 Å². The lowest BCUT2D eigenvalue weighted by atomic mass is 10.2. The highest BCUT2D eigenvalue weighted by Gasteiger charge is 1.88. The molecule has 0 radical (unpaired) electrons. The van der Waals surface area contributed by atoms with Gasteiger partial charge in [0.05, 0.1) is 11.9 Å². The Labute approximate surface area is 109 Å². The van der Waals surface area contributed by atoms with Crippen molar-refractivity contribution in [3.05, 3.63) is 63.7 Å². The molecule has 0 unspecified atom stereocenters. The molecule has 1 N–H and O–H groups in total. The van der Waals surface area contributed by atoms with E-state index in [9.17, 15) is 0 Å². The standard InChI is InChI=1S/C13H11IN2/c14-12-8-6-11(7-9-12)10-15-16-13-4-2-1-3-5-13/h1-10,16H. The second-order valence-corrected chi connectivity index (χ2v) is 4.53. The van der Waals surface area contributed by atoms with E-state index < -0.39 is 0 Å². The summed E-state index contributed by atoms with van der Waals surface area (Å²) >= 11 is 2.28. The van der Waals surface area contributed by atoms with Crippen molar-refractivity contribution in [3.8, 4) is 0 Å². The summed E-state index contributed by atoms with van der Waals surface area (Å²) in [5, 5.41) is 4.16. The summed E-state index contributed by atoms with van der Waals surface area (Å²) in [6.07, 6.45) is 1.81. The Morgan fingerprint density at radius 3 is 2.31 bits per heavy atom. The fourth-order valence-electron chi connectivity index (χ4n) is 1.24. The van der Waals surface area contributed by atoms with Crippen LogP contribution in [0, 0.1) is 3.57 Å². The molecule has 0 saturated heterocycles. The Hall–Kier alpha value is -1.36. The van der Waals surface area contributed by atoms with Gasteiger partial charge in [0.15, 0.2) is 0 Å². The molecular weight excluding hydrogens is 311 g/mol. The maximum atomic E-state index is 4.16. The Morgan fingerprint density at radius 2 is 1.62 bits per heavy atom. The zero-order chi connectivity index (χ0) is 11.2. The second kappa shape index (κ2) is 5.65. The quantitative estimate of drug-likeness (QED) is 0.520. The first-order chi connectivity index (χ1) is 7.84. The molecule has 80 valence electrons. The van der Waals surface area contributed by atoms with Gasteiger partial charge in [-0.25, -0.2) is 0 Å². The van der Waals surface area contributed by atoms with Crippen LogP contribution in [0.15, 0.2) is 59.7 Å². The SMILES string of the molecule is Ic1ccc(C=NNc2ccccc2)cc1. The van der Waals surface area contributed by atoms with Crippen molar-refractivity contribution in [1.82, 2.24) is 0 Å². The molecule has 0 heterocycles. The third kappa shape index (κ3) is 3.34. The molecule has 0 fully saturated rings. The minimum absolute atomic E-state index is 0.990. The molecule has 0 bridgehead atoms. The topological polar surface area (TPSA) is 24.4 Å². The normalized spacial score (nSPS) is 10.6. The summed E-state index contributed by atoms with van der Waals surface area (Å²) < 4.78 is 1.23. The molecule has 2 aromatic rings. The number of benzene rings is 2. The van der Waals surface area contributed by atoms with Gasteiger partial charge in [-0.2, -0.15) is 5.10 Å². The van der Waals surface area contributed by atoms with Gasteiger partial charge in [-0.3, -0.25) is 5.43 Å². The number of para-hydroxylation sites is 1. The van der Waals surface area contributed by atoms with E-state index in [1.807, 2.05) is 48.7 Å². The van der Waals surface area contributed by atoms with Crippen LogP contribution in [0.1, 0.15) is 5.56 Å². The van der Waals surface area contributed by atoms with Gasteiger partial charge in [-0.15, -0.1) is 0 Å². The molecule has 0 atom stereocenters. The van der Waals surface area contributed by atoms with Crippen LogP contribution in [-0.4, -0.2) is 6.21 Å². The Balaban J connectivity index is 1.98. The van der Waals surface area contributed by atoms with Crippen LogP contribution in [0.25, 0.3) is 0 Å². The van der Waals surface area contributed by atoms with Gasteiger partial charge in [0.25, 0.3) is 0 Å². The molecule has 0 aliphatic carbocycles. The smallest absolute Gasteiger partial charge is 0.0561 e. The molecule has 0 amide bonds. The summed E-state index contributed by atoms with van der Waals surface area (Å²) in [7, 11) is 0. The highest BCUT2D eigenvalue weighted by atomic mass is 127. The molecule has 0 aromatic heterocycles. The van der Waals surface area contributed by atoms with Crippen LogP contribution < -0.4 is 5.43 Å². The zero-order valence-electron chi connectivity index (χ0n) is 8.60. The second-order valence-electron chi connectivity index (χ2n) is 3.29. The van der Waals surface area contributed by atoms with Crippen LogP contribution >= 0.6 is 22.6 Å². The van der Waals surface area contributed by atoms with Crippen LogP contribution in [0.4, 0.5) is 5.69 Å². The van der Waals surface area contributed by atoms with Crippen molar-refractivity contribution in [2.75, 3.05) is 5.43 Å². The summed E-state index contributed by atoms with van der Waals surface area (Å²) in [5.74, 6) is 0. The molecule has 0 aliphatic heterocycles. The summed E-state index contributed by atoms with van der Waals surface area (Å²) in [4.78, 5) is 0. The highest BCUT2D eigenvalue weighted by Crippen LogP contribution is 2.06. The minimum atomic E-state index is 0.990. The highest BCUT2D eigenvalue weighted by molar-refractivity contribution is 14.1. The van der Waals surface area contributed by atoms with Gasteiger partial charge < -0.3 is 0 Å². The van der Waals surface area contributed by atoms with Crippen molar-refractivity contribution in [3.63, 3.8) is 0 Å². The Morgan fingerprint density at radius 1 is 0.938 bits per heavy atom. The molecule has 3 heteroatoms. The van der Waals surface area contributed by atoms with Crippen molar-refractivity contribution < 1.29 is 0 Å². The van der Waals surface area contributed by atoms with Gasteiger partial charge in [0, 0.05) is 3.57 Å². The number of nitrogens with zero attached hydrogens (tertiary/aromatic N) is 1. The molecule has 2 nitrogen and oxygen atoms in total. The molecule has 2 aromatic carbocycles. The lowest BCUT2D eigenvalue weighted by Gasteiger charge is -1.98. The number of hydrogen-bond acceptors (Lipinski definition) is 2. The fourth-order valence-corrected chi connectivity index (χ4v) is 1.60. The van der Waals surface area contributed by atoms with E-state index in [-0.39, 0.29) is 0 Å². The molecule has 16 heavy (non-hydrogen) atoms. The average Bonchev–Trinajstić information content (AvgIpc) is 2.33. The van der Waals surface area contributed by atoms with E-state index >= 15 is 0 Å². The lowest BCUT2D eigenvalue weighted by molar-refractivity contribution is 1.35. The van der Waals surface area contributed by atoms with Gasteiger partial charge in [0.1, 0.15) is 0 Å². The van der Waals surface area contributed by atoms with Gasteiger partial charge in [-0.05, 0) is 52.4 Å². The average molecular weight is 322 g/mol. The number of halogens is 1. The summed E-state index contributed by atoms with van der Waals surface area (Å²) in [6.45, 7) is 0. The maximum absolute atomic E-state index is 4.16. The third-order valence-corrected chi connectivity index (χ3v) is 2.77. The van der Waals surface area contributed by atoms with Crippen LogP contribution in [0.3, 0.4) is 0 Å². The van der Waals surface area contributed by atoms with Crippen LogP contribution in [0.2, 0.25) is 0 Å². The van der Waals surface area contributed by atoms with Crippen molar-refractivity contribution in [2.45, 2.75) is 0 Å². The third-order valence-electron chi connectivity index (χ3n) is 2.05. The first-order valence-corrected chi connectivity index (χ1v) is 6.02. The number of hydrazone groups is 1. The number of rotatable bonds is 3. The molecule has 0 saturated carbocycles. The number of anilines is 1. The Bertz CT molecular complexity index is 463. The molecule has 2 rings (SSSR count). The van der Waals surface area contributed by atoms with Crippen molar-refractivity contribution in [1.29, 1.82) is 0 Å². The monoisotopic (exact) mass is 322 g/mol. The van der Waals surface area contributed by atoms with E-state index in [0.717, 1.165) is 11.3 Å². The Kier molecular flexibility index (Phi) is 3.93. The summed E-state index contributed by atoms with van der Waals surface area (Å²) in [6, 6.07) is 18.1. The van der Waals surface area contributed by atoms with Crippen LogP contribution in [-0.2, 0) is 0 Å². The van der Waals surface area contributed by atoms with Gasteiger partial charge >= 0.3 is 0 Å². The van der Waals surface area contributed by atoms with Gasteiger partial charge in [0.2, 0.25) is 0 Å². The summed E-state index contributed by atoms with van der Waals surface area (Å²) in [5.41, 5.74) is 5.05. The fraction of sp³-hybridized carbons (Fsp3) is 0. The largest absolute Gasteiger partial charge is 0.279 e. The molecule has 0 aliphatic rings. The molecule has 0 spiro atoms. The maximum Gasteiger partial charge on any atom is 0.0561 e. The van der Waals surface area contributed by atoms with Crippen LogP contribution in [0.5, 0.6) is 0 Å². The first kappa shape index (κ1) is 11.1. The predicted octanol–water partition coefficient (Wildman–Crippen LogP) is 3.74. The van der Waals surface area contributed by atoms with Gasteiger partial charge in [-0.1, -0.05) is 30.3 Å². The first-order valence-electron chi connectivity index (χ1n) is 4.94.